The molecule has 3 nitrogen and oxygen atoms in total. The molecule has 0 fully saturated rings. The van der Waals surface area contributed by atoms with E-state index in [2.05, 4.69) is 48.4 Å². The first-order chi connectivity index (χ1) is 20.6. The Morgan fingerprint density at radius 1 is 0.548 bits per heavy atom. The molecule has 0 aliphatic heterocycles. The smallest absolute Gasteiger partial charge is 0.221 e. The Morgan fingerprint density at radius 3 is 1.38 bits per heavy atom. The van der Waals surface area contributed by atoms with Gasteiger partial charge in [-0.05, 0) is 59.0 Å². The lowest BCUT2D eigenvalue weighted by Crippen LogP contribution is -2.36. The highest BCUT2D eigenvalue weighted by atomic mass is 16.1. The van der Waals surface area contributed by atoms with Crippen molar-refractivity contribution in [1.29, 1.82) is 0 Å². The number of allylic oxidation sites excluding steroid dienone is 4. The minimum Gasteiger partial charge on any atom is -0.353 e. The SMILES string of the molecule is CCCCC/C=C\C/C=C\CCCCCCCCC(CCCCCCCCCCCCCCC)NC(=O)CCN(C)C. The highest BCUT2D eigenvalue weighted by molar-refractivity contribution is 5.76. The Balaban J connectivity index is 3.91. The average molecular weight is 589 g/mol. The summed E-state index contributed by atoms with van der Waals surface area (Å²) >= 11 is 0. The molecule has 0 saturated carbocycles. The van der Waals surface area contributed by atoms with Crippen LogP contribution in [-0.2, 0) is 4.79 Å². The second kappa shape index (κ2) is 34.4. The summed E-state index contributed by atoms with van der Waals surface area (Å²) in [7, 11) is 4.09. The van der Waals surface area contributed by atoms with Crippen molar-refractivity contribution >= 4 is 5.91 Å². The maximum Gasteiger partial charge on any atom is 0.221 e. The van der Waals surface area contributed by atoms with E-state index in [1.807, 2.05) is 14.1 Å². The molecule has 0 aromatic heterocycles. The Hall–Kier alpha value is -1.09. The van der Waals surface area contributed by atoms with Gasteiger partial charge in [-0.2, -0.15) is 0 Å². The zero-order valence-corrected chi connectivity index (χ0v) is 29.2. The van der Waals surface area contributed by atoms with Gasteiger partial charge < -0.3 is 10.2 Å². The number of carbonyl (C=O) groups is 1. The van der Waals surface area contributed by atoms with Crippen LogP contribution in [-0.4, -0.2) is 37.5 Å². The minimum atomic E-state index is 0.239. The molecular formula is C39H76N2O. The van der Waals surface area contributed by atoms with Gasteiger partial charge in [-0.25, -0.2) is 0 Å². The monoisotopic (exact) mass is 589 g/mol. The summed E-state index contributed by atoms with van der Waals surface area (Å²) in [5.74, 6) is 0.239. The van der Waals surface area contributed by atoms with Crippen molar-refractivity contribution in [2.24, 2.45) is 0 Å². The van der Waals surface area contributed by atoms with Gasteiger partial charge in [-0.15, -0.1) is 0 Å². The van der Waals surface area contributed by atoms with Gasteiger partial charge in [0.05, 0.1) is 0 Å². The fourth-order valence-electron chi connectivity index (χ4n) is 5.70. The second-order valence-corrected chi connectivity index (χ2v) is 13.2. The van der Waals surface area contributed by atoms with Crippen LogP contribution < -0.4 is 5.32 Å². The maximum absolute atomic E-state index is 12.5. The van der Waals surface area contributed by atoms with Crippen LogP contribution in [0.4, 0.5) is 0 Å². The third-order valence-corrected chi connectivity index (χ3v) is 8.56. The molecule has 0 bridgehead atoms. The molecule has 0 aromatic rings. The van der Waals surface area contributed by atoms with E-state index < -0.39 is 0 Å². The van der Waals surface area contributed by atoms with Gasteiger partial charge in [-0.1, -0.05) is 167 Å². The number of nitrogens with zero attached hydrogens (tertiary/aromatic N) is 1. The molecule has 1 atom stereocenters. The molecule has 0 heterocycles. The van der Waals surface area contributed by atoms with Crippen molar-refractivity contribution < 1.29 is 4.79 Å². The lowest BCUT2D eigenvalue weighted by molar-refractivity contribution is -0.122. The van der Waals surface area contributed by atoms with Crippen molar-refractivity contribution in [3.05, 3.63) is 24.3 Å². The summed E-state index contributed by atoms with van der Waals surface area (Å²) < 4.78 is 0. The molecule has 0 aliphatic carbocycles. The maximum atomic E-state index is 12.5. The molecule has 42 heavy (non-hydrogen) atoms. The normalized spacial score (nSPS) is 12.7. The number of amides is 1. The van der Waals surface area contributed by atoms with E-state index in [9.17, 15) is 4.79 Å². The number of hydrogen-bond acceptors (Lipinski definition) is 2. The van der Waals surface area contributed by atoms with Gasteiger partial charge >= 0.3 is 0 Å². The van der Waals surface area contributed by atoms with Crippen LogP contribution >= 0.6 is 0 Å². The lowest BCUT2D eigenvalue weighted by atomic mass is 9.99. The Morgan fingerprint density at radius 2 is 0.929 bits per heavy atom. The van der Waals surface area contributed by atoms with E-state index in [1.165, 1.54) is 154 Å². The van der Waals surface area contributed by atoms with E-state index in [4.69, 9.17) is 0 Å². The predicted octanol–water partition coefficient (Wildman–Crippen LogP) is 12.1. The van der Waals surface area contributed by atoms with E-state index in [1.54, 1.807) is 0 Å². The topological polar surface area (TPSA) is 32.3 Å². The third-order valence-electron chi connectivity index (χ3n) is 8.56. The van der Waals surface area contributed by atoms with Gasteiger partial charge in [0.1, 0.15) is 0 Å². The molecule has 0 rings (SSSR count). The van der Waals surface area contributed by atoms with Crippen LogP contribution in [0.5, 0.6) is 0 Å². The quantitative estimate of drug-likeness (QED) is 0.0611. The van der Waals surface area contributed by atoms with E-state index in [0.717, 1.165) is 25.8 Å². The summed E-state index contributed by atoms with van der Waals surface area (Å²) in [5.41, 5.74) is 0. The standard InChI is InChI=1S/C39H76N2O/c1-5-7-9-11-13-15-17-19-20-21-23-25-27-29-31-33-35-38(40-39(42)36-37-41(3)4)34-32-30-28-26-24-22-18-16-14-12-10-8-6-2/h13,15,19-20,38H,5-12,14,16-18,21-37H2,1-4H3,(H,40,42)/b15-13-,20-19-. The van der Waals surface area contributed by atoms with Gasteiger partial charge in [0.15, 0.2) is 0 Å². The van der Waals surface area contributed by atoms with Crippen molar-refractivity contribution in [3.8, 4) is 0 Å². The number of unbranched alkanes of at least 4 members (excludes halogenated alkanes) is 21. The van der Waals surface area contributed by atoms with Crippen LogP contribution in [0.2, 0.25) is 0 Å². The minimum absolute atomic E-state index is 0.239. The highest BCUT2D eigenvalue weighted by Gasteiger charge is 2.12. The zero-order chi connectivity index (χ0) is 30.8. The first kappa shape index (κ1) is 40.9. The summed E-state index contributed by atoms with van der Waals surface area (Å²) in [4.78, 5) is 14.6. The molecule has 1 unspecified atom stereocenters. The van der Waals surface area contributed by atoms with Gasteiger partial charge in [-0.3, -0.25) is 4.79 Å². The van der Waals surface area contributed by atoms with Gasteiger partial charge in [0, 0.05) is 19.0 Å². The zero-order valence-electron chi connectivity index (χ0n) is 29.2. The van der Waals surface area contributed by atoms with Crippen LogP contribution in [0, 0.1) is 0 Å². The predicted molar refractivity (Wildman–Crippen MR) is 189 cm³/mol. The average Bonchev–Trinajstić information content (AvgIpc) is 2.98. The molecule has 1 amide bonds. The highest BCUT2D eigenvalue weighted by Crippen LogP contribution is 2.16. The van der Waals surface area contributed by atoms with Crippen molar-refractivity contribution in [2.45, 2.75) is 200 Å². The molecule has 0 radical (unpaired) electrons. The molecule has 0 spiro atoms. The molecule has 3 heteroatoms. The largest absolute Gasteiger partial charge is 0.353 e. The summed E-state index contributed by atoms with van der Waals surface area (Å²) in [6.45, 7) is 5.39. The number of nitrogens with one attached hydrogen (secondary N) is 1. The molecule has 0 saturated heterocycles. The van der Waals surface area contributed by atoms with Gasteiger partial charge in [0.2, 0.25) is 5.91 Å². The Kier molecular flexibility index (Phi) is 33.5. The Labute approximate surface area is 265 Å². The van der Waals surface area contributed by atoms with Crippen LogP contribution in [0.1, 0.15) is 194 Å². The van der Waals surface area contributed by atoms with Crippen LogP contribution in [0.25, 0.3) is 0 Å². The second-order valence-electron chi connectivity index (χ2n) is 13.2. The molecule has 248 valence electrons. The molecular weight excluding hydrogens is 512 g/mol. The van der Waals surface area contributed by atoms with E-state index in [-0.39, 0.29) is 5.91 Å². The van der Waals surface area contributed by atoms with Crippen LogP contribution in [0.15, 0.2) is 24.3 Å². The Bertz CT molecular complexity index is 597. The van der Waals surface area contributed by atoms with Crippen molar-refractivity contribution in [2.75, 3.05) is 20.6 Å². The third kappa shape index (κ3) is 33.4. The fourth-order valence-corrected chi connectivity index (χ4v) is 5.70. The first-order valence-corrected chi connectivity index (χ1v) is 18.8. The van der Waals surface area contributed by atoms with Crippen LogP contribution in [0.3, 0.4) is 0 Å². The number of carbonyl (C=O) groups excluding carboxylic acids is 1. The summed E-state index contributed by atoms with van der Waals surface area (Å²) in [6, 6.07) is 0.373. The lowest BCUT2D eigenvalue weighted by Gasteiger charge is -2.20. The summed E-state index contributed by atoms with van der Waals surface area (Å²) in [5, 5.41) is 3.39. The molecule has 0 aliphatic rings. The van der Waals surface area contributed by atoms with E-state index in [0.29, 0.717) is 12.5 Å². The summed E-state index contributed by atoms with van der Waals surface area (Å²) in [6.07, 6.45) is 45.9. The van der Waals surface area contributed by atoms with Crippen molar-refractivity contribution in [3.63, 3.8) is 0 Å². The van der Waals surface area contributed by atoms with E-state index >= 15 is 0 Å². The number of hydrogen-bond donors (Lipinski definition) is 1. The van der Waals surface area contributed by atoms with Gasteiger partial charge in [0.25, 0.3) is 0 Å². The number of rotatable bonds is 33. The molecule has 0 aromatic carbocycles. The fraction of sp³-hybridized carbons (Fsp3) is 0.872. The molecule has 1 N–H and O–H groups in total. The first-order valence-electron chi connectivity index (χ1n) is 18.8. The van der Waals surface area contributed by atoms with Crippen molar-refractivity contribution in [1.82, 2.24) is 10.2 Å².